The summed E-state index contributed by atoms with van der Waals surface area (Å²) in [7, 11) is 7.96. The van der Waals surface area contributed by atoms with Gasteiger partial charge in [0.1, 0.15) is 0 Å². The van der Waals surface area contributed by atoms with E-state index in [0.717, 1.165) is 21.2 Å². The molecule has 2 amide bonds. The Bertz CT molecular complexity index is 1640. The second-order valence-electron chi connectivity index (χ2n) is 9.60. The fourth-order valence-corrected chi connectivity index (χ4v) is 4.51. The molecule has 0 aliphatic heterocycles. The van der Waals surface area contributed by atoms with Gasteiger partial charge in [-0.25, -0.2) is 9.59 Å². The van der Waals surface area contributed by atoms with Crippen LogP contribution in [0, 0.1) is 0 Å². The number of carbonyl (C=O) groups excluding carboxylic acids is 2. The van der Waals surface area contributed by atoms with Gasteiger partial charge in [0.15, 0.2) is 0 Å². The Hall–Kier alpha value is -4.99. The Morgan fingerprint density at radius 3 is 1.12 bits per heavy atom. The zero-order valence-corrected chi connectivity index (χ0v) is 33.4. The summed E-state index contributed by atoms with van der Waals surface area (Å²) in [5, 5.41) is 27.6. The fraction of sp³-hybridized carbons (Fsp3) is 0.156. The van der Waals surface area contributed by atoms with Gasteiger partial charge in [-0.3, -0.25) is 0 Å². The summed E-state index contributed by atoms with van der Waals surface area (Å²) in [4.78, 5) is 45.4. The van der Waals surface area contributed by atoms with Crippen LogP contribution in [-0.4, -0.2) is 156 Å². The Morgan fingerprint density at radius 1 is 0.569 bits per heavy atom. The Balaban J connectivity index is 0.000000503. The Labute approximate surface area is 319 Å². The van der Waals surface area contributed by atoms with Gasteiger partial charge in [0, 0.05) is 7.05 Å². The number of benzene rings is 3. The van der Waals surface area contributed by atoms with E-state index in [2.05, 4.69) is 78.6 Å². The summed E-state index contributed by atoms with van der Waals surface area (Å²) in [5.74, 6) is 1.07. The molecule has 0 bridgehead atoms. The molecule has 0 aromatic heterocycles. The molecule has 51 heavy (non-hydrogen) atoms. The molecule has 0 heterocycles. The molecule has 3 rings (SSSR count). The van der Waals surface area contributed by atoms with Crippen molar-refractivity contribution in [2.45, 2.75) is 0 Å². The molecule has 0 radical (unpaired) electrons. The van der Waals surface area contributed by atoms with Crippen LogP contribution in [-0.2, 0) is 19.2 Å². The van der Waals surface area contributed by atoms with Crippen molar-refractivity contribution in [1.29, 1.82) is 0 Å². The second-order valence-corrected chi connectivity index (χ2v) is 12.0. The summed E-state index contributed by atoms with van der Waals surface area (Å²) >= 11 is 8.75. The van der Waals surface area contributed by atoms with Crippen molar-refractivity contribution in [3.8, 4) is 0 Å². The third-order valence-corrected chi connectivity index (χ3v) is 9.05. The van der Waals surface area contributed by atoms with Gasteiger partial charge < -0.3 is 15.6 Å². The van der Waals surface area contributed by atoms with E-state index in [9.17, 15) is 19.2 Å². The molecule has 0 atom stereocenters. The van der Waals surface area contributed by atoms with Crippen LogP contribution in [0.2, 0.25) is 0 Å². The molecule has 270 valence electrons. The Morgan fingerprint density at radius 2 is 0.863 bits per heavy atom. The van der Waals surface area contributed by atoms with Gasteiger partial charge in [0.05, 0.1) is 0 Å². The van der Waals surface area contributed by atoms with Gasteiger partial charge in [-0.1, -0.05) is 0 Å². The molecule has 3 aromatic rings. The minimum Gasteiger partial charge on any atom is -0.476 e. The van der Waals surface area contributed by atoms with E-state index in [0.29, 0.717) is 9.08 Å². The first kappa shape index (κ1) is 44.0. The number of hydrazine groups is 3. The van der Waals surface area contributed by atoms with E-state index in [4.69, 9.17) is 16.1 Å². The topological polar surface area (TPSA) is 217 Å². The van der Waals surface area contributed by atoms with Crippen LogP contribution in [0.15, 0.2) is 101 Å². The SMILES string of the molecule is CN(N)C(=[Se])c1ccccc1.CNN=C(C(=O)NN(C)C(=[Se])c1ccccc1)C(=O)NN(C)C(=[Se])c1ccccc1.CNN=C(C(=O)O)C(=O)O. The van der Waals surface area contributed by atoms with Crippen molar-refractivity contribution in [2.24, 2.45) is 16.0 Å². The fourth-order valence-electron chi connectivity index (χ4n) is 3.46. The van der Waals surface area contributed by atoms with Gasteiger partial charge in [-0.2, -0.15) is 5.10 Å². The smallest absolute Gasteiger partial charge is 0.363 e. The maximum atomic E-state index is 12.7. The monoisotopic (exact) mass is 898 g/mol. The molecule has 0 aliphatic rings. The van der Waals surface area contributed by atoms with E-state index < -0.39 is 29.5 Å². The maximum Gasteiger partial charge on any atom is 0.363 e. The van der Waals surface area contributed by atoms with Gasteiger partial charge >= 0.3 is 278 Å². The predicted octanol–water partition coefficient (Wildman–Crippen LogP) is -1.95. The number of hydrazone groups is 2. The van der Waals surface area contributed by atoms with Gasteiger partial charge in [-0.15, -0.1) is 0 Å². The first-order valence-corrected chi connectivity index (χ1v) is 17.0. The summed E-state index contributed by atoms with van der Waals surface area (Å²) in [6.07, 6.45) is 0. The van der Waals surface area contributed by atoms with E-state index in [1.54, 1.807) is 26.2 Å². The van der Waals surface area contributed by atoms with Gasteiger partial charge in [0.2, 0.25) is 0 Å². The van der Waals surface area contributed by atoms with Gasteiger partial charge in [-0.05, 0) is 0 Å². The zero-order valence-electron chi connectivity index (χ0n) is 28.2. The second kappa shape index (κ2) is 23.4. The predicted molar refractivity (Wildman–Crippen MR) is 201 cm³/mol. The van der Waals surface area contributed by atoms with Crippen LogP contribution in [0.3, 0.4) is 0 Å². The number of nitrogens with two attached hydrogens (primary N) is 1. The van der Waals surface area contributed by atoms with Crippen molar-refractivity contribution < 1.29 is 29.4 Å². The normalized spacial score (nSPS) is 9.29. The van der Waals surface area contributed by atoms with Crippen LogP contribution in [0.5, 0.6) is 0 Å². The van der Waals surface area contributed by atoms with Crippen molar-refractivity contribution >= 4 is 95.5 Å². The molecule has 0 spiro atoms. The number of amides is 2. The van der Waals surface area contributed by atoms with E-state index >= 15 is 0 Å². The average Bonchev–Trinajstić information content (AvgIpc) is 3.12. The molecule has 3 aromatic carbocycles. The third kappa shape index (κ3) is 15.6. The number of carboxylic acid groups (broad SMARTS) is 2. The van der Waals surface area contributed by atoms with Crippen molar-refractivity contribution in [3.05, 3.63) is 108 Å². The van der Waals surface area contributed by atoms with Crippen molar-refractivity contribution in [3.63, 3.8) is 0 Å². The number of hydrogen-bond acceptors (Lipinski definition) is 12. The maximum absolute atomic E-state index is 12.7. The zero-order chi connectivity index (χ0) is 38.5. The number of rotatable bonds is 14. The summed E-state index contributed by atoms with van der Waals surface area (Å²) in [5.41, 5.74) is 11.5. The molecular formula is C32H38N10O6Se3. The van der Waals surface area contributed by atoms with E-state index in [1.165, 1.54) is 24.1 Å². The molecule has 8 N–H and O–H groups in total. The van der Waals surface area contributed by atoms with Crippen molar-refractivity contribution in [2.75, 3.05) is 35.2 Å². The van der Waals surface area contributed by atoms with Crippen LogP contribution < -0.4 is 27.5 Å². The molecule has 16 nitrogen and oxygen atoms in total. The molecule has 0 saturated heterocycles. The van der Waals surface area contributed by atoms with Gasteiger partial charge in [0.25, 0.3) is 5.71 Å². The van der Waals surface area contributed by atoms with E-state index in [-0.39, 0.29) is 5.71 Å². The Kier molecular flexibility index (Phi) is 20.2. The number of carbonyl (C=O) groups is 4. The first-order valence-electron chi connectivity index (χ1n) is 14.5. The molecule has 19 heteroatoms. The largest absolute Gasteiger partial charge is 0.476 e. The molecule has 0 unspecified atom stereocenters. The number of nitrogens with zero attached hydrogens (tertiary/aromatic N) is 5. The van der Waals surface area contributed by atoms with Crippen LogP contribution in [0.25, 0.3) is 0 Å². The standard InChI is InChI=1S/C20H22N6O2Se2.C8H10N2Se.C4H6N2O4/c1-21-22-16(17(27)23-25(2)19(29)14-10-6-4-7-11-14)18(28)24-26(3)20(30)15-12-8-5-9-13-15;1-10(9)8(11)7-5-3-2-4-6-7;1-5-6-2(3(7)8)4(9)10/h4-13,21H,1-3H3,(H,23,27)(H,24,28);2-6H,9H2,1H3;5H,1H3,(H,7,8)(H,9,10). The van der Waals surface area contributed by atoms with Crippen LogP contribution >= 0.6 is 0 Å². The van der Waals surface area contributed by atoms with Crippen molar-refractivity contribution in [1.82, 2.24) is 36.7 Å². The van der Waals surface area contributed by atoms with Crippen LogP contribution in [0.1, 0.15) is 16.7 Å². The molecule has 0 fully saturated rings. The third-order valence-electron chi connectivity index (χ3n) is 5.81. The number of carboxylic acids is 2. The summed E-state index contributed by atoms with van der Waals surface area (Å²) in [6, 6.07) is 28.9. The number of nitrogens with one attached hydrogen (secondary N) is 4. The first-order chi connectivity index (χ1) is 24.2. The number of hydrogen-bond donors (Lipinski definition) is 7. The average molecular weight is 896 g/mol. The summed E-state index contributed by atoms with van der Waals surface area (Å²) < 4.78 is 2.33. The van der Waals surface area contributed by atoms with Crippen LogP contribution in [0.4, 0.5) is 0 Å². The molecule has 0 saturated carbocycles. The minimum atomic E-state index is -1.57. The number of aliphatic carboxylic acids is 2. The quantitative estimate of drug-likeness (QED) is 0.0309. The molecule has 0 aliphatic carbocycles. The minimum absolute atomic E-state index is 0.321. The summed E-state index contributed by atoms with van der Waals surface area (Å²) in [6.45, 7) is 0. The molecular weight excluding hydrogens is 857 g/mol. The van der Waals surface area contributed by atoms with E-state index in [1.807, 2.05) is 91.0 Å².